The lowest BCUT2D eigenvalue weighted by molar-refractivity contribution is -0.144. The normalized spacial score (nSPS) is 19.8. The largest absolute Gasteiger partial charge is 0.433 e. The van der Waals surface area contributed by atoms with Gasteiger partial charge in [-0.25, -0.2) is 4.98 Å². The van der Waals surface area contributed by atoms with Crippen molar-refractivity contribution in [2.24, 2.45) is 20.0 Å². The second kappa shape index (κ2) is 6.58. The van der Waals surface area contributed by atoms with Crippen molar-refractivity contribution < 1.29 is 13.2 Å². The topological polar surface area (TPSA) is 38.9 Å². The Labute approximate surface area is 139 Å². The Kier molecular flexibility index (Phi) is 4.67. The second-order valence-corrected chi connectivity index (χ2v) is 6.54. The van der Waals surface area contributed by atoms with Crippen LogP contribution in [0.15, 0.2) is 18.6 Å². The zero-order valence-corrected chi connectivity index (χ0v) is 13.9. The van der Waals surface area contributed by atoms with Crippen molar-refractivity contribution in [2.75, 3.05) is 13.1 Å². The number of hydrogen-bond acceptors (Lipinski definition) is 3. The van der Waals surface area contributed by atoms with Gasteiger partial charge in [0.15, 0.2) is 0 Å². The van der Waals surface area contributed by atoms with Gasteiger partial charge in [0.25, 0.3) is 0 Å². The number of likely N-dealkylation sites (tertiary alicyclic amines) is 1. The van der Waals surface area contributed by atoms with Crippen LogP contribution in [0.4, 0.5) is 13.2 Å². The van der Waals surface area contributed by atoms with E-state index in [1.807, 2.05) is 17.8 Å². The number of aryl methyl sites for hydroxylation is 2. The predicted molar refractivity (Wildman–Crippen MR) is 83.1 cm³/mol. The summed E-state index contributed by atoms with van der Waals surface area (Å²) in [6.45, 7) is 1.90. The van der Waals surface area contributed by atoms with Gasteiger partial charge in [0.1, 0.15) is 11.5 Å². The van der Waals surface area contributed by atoms with Gasteiger partial charge in [-0.05, 0) is 25.3 Å². The molecule has 1 saturated heterocycles. The maximum absolute atomic E-state index is 13.2. The Hall–Kier alpha value is -1.83. The average molecular weight is 341 g/mol. The molecular formula is C16H22F3N5. The molecule has 24 heavy (non-hydrogen) atoms. The van der Waals surface area contributed by atoms with E-state index in [2.05, 4.69) is 15.0 Å². The van der Waals surface area contributed by atoms with Crippen LogP contribution in [-0.4, -0.2) is 37.3 Å². The highest BCUT2D eigenvalue weighted by atomic mass is 19.4. The third-order valence-electron chi connectivity index (χ3n) is 4.67. The molecule has 5 nitrogen and oxygen atoms in total. The summed E-state index contributed by atoms with van der Waals surface area (Å²) >= 11 is 0. The molecule has 0 N–H and O–H groups in total. The predicted octanol–water partition coefficient (Wildman–Crippen LogP) is 2.63. The van der Waals surface area contributed by atoms with E-state index < -0.39 is 11.9 Å². The van der Waals surface area contributed by atoms with Crippen molar-refractivity contribution in [1.29, 1.82) is 0 Å². The van der Waals surface area contributed by atoms with Crippen LogP contribution in [0.5, 0.6) is 0 Å². The fourth-order valence-corrected chi connectivity index (χ4v) is 3.52. The van der Waals surface area contributed by atoms with E-state index in [1.165, 1.54) is 13.2 Å². The Balaban J connectivity index is 1.67. The minimum atomic E-state index is -4.37. The minimum Gasteiger partial charge on any atom is -0.338 e. The number of rotatable bonds is 4. The number of halogens is 3. The number of alkyl halides is 3. The molecule has 0 aliphatic carbocycles. The molecule has 1 fully saturated rings. The summed E-state index contributed by atoms with van der Waals surface area (Å²) in [6, 6.07) is 0. The smallest absolute Gasteiger partial charge is 0.338 e. The van der Waals surface area contributed by atoms with Gasteiger partial charge in [0, 0.05) is 51.6 Å². The summed E-state index contributed by atoms with van der Waals surface area (Å²) in [6.07, 6.45) is 3.61. The van der Waals surface area contributed by atoms with E-state index in [-0.39, 0.29) is 5.56 Å². The Morgan fingerprint density at radius 1 is 1.29 bits per heavy atom. The lowest BCUT2D eigenvalue weighted by Gasteiger charge is -2.32. The lowest BCUT2D eigenvalue weighted by atomic mass is 9.94. The molecular weight excluding hydrogens is 319 g/mol. The molecule has 0 radical (unpaired) electrons. The first-order valence-electron chi connectivity index (χ1n) is 8.11. The van der Waals surface area contributed by atoms with Gasteiger partial charge in [0.05, 0.1) is 6.20 Å². The van der Waals surface area contributed by atoms with Crippen molar-refractivity contribution in [2.45, 2.75) is 32.0 Å². The average Bonchev–Trinajstić information content (AvgIpc) is 3.05. The van der Waals surface area contributed by atoms with Gasteiger partial charge in [0.2, 0.25) is 0 Å². The first-order valence-corrected chi connectivity index (χ1v) is 8.11. The standard InChI is InChI=1S/C16H22F3N5/c1-22-7-5-20-14(22)8-12-4-3-6-24(10-12)11-13-9-21-23(2)15(13)16(17,18)19/h5,7,9,12H,3-4,6,8,10-11H2,1-2H3/t12-/m0/s1. The van der Waals surface area contributed by atoms with Gasteiger partial charge in [-0.2, -0.15) is 18.3 Å². The number of imidazole rings is 1. The molecule has 0 spiro atoms. The van der Waals surface area contributed by atoms with Gasteiger partial charge >= 0.3 is 6.18 Å². The monoisotopic (exact) mass is 341 g/mol. The van der Waals surface area contributed by atoms with Gasteiger partial charge in [-0.1, -0.05) is 0 Å². The number of piperidine rings is 1. The zero-order valence-electron chi connectivity index (χ0n) is 13.9. The van der Waals surface area contributed by atoms with E-state index in [9.17, 15) is 13.2 Å². The third-order valence-corrected chi connectivity index (χ3v) is 4.67. The van der Waals surface area contributed by atoms with Crippen LogP contribution in [-0.2, 0) is 33.2 Å². The van der Waals surface area contributed by atoms with E-state index in [0.717, 1.165) is 42.9 Å². The summed E-state index contributed by atoms with van der Waals surface area (Å²) in [4.78, 5) is 6.45. The quantitative estimate of drug-likeness (QED) is 0.858. The highest BCUT2D eigenvalue weighted by molar-refractivity contribution is 5.20. The molecule has 0 saturated carbocycles. The Bertz CT molecular complexity index is 688. The summed E-state index contributed by atoms with van der Waals surface area (Å²) in [7, 11) is 3.31. The molecule has 2 aromatic rings. The molecule has 0 unspecified atom stereocenters. The Morgan fingerprint density at radius 2 is 2.08 bits per heavy atom. The SMILES string of the molecule is Cn1ccnc1C[C@@H]1CCCN(Cc2cnn(C)c2C(F)(F)F)C1. The molecule has 1 atom stereocenters. The maximum Gasteiger partial charge on any atom is 0.433 e. The molecule has 0 amide bonds. The number of aromatic nitrogens is 4. The lowest BCUT2D eigenvalue weighted by Crippen LogP contribution is -2.36. The van der Waals surface area contributed by atoms with Crippen LogP contribution in [0.25, 0.3) is 0 Å². The van der Waals surface area contributed by atoms with Crippen molar-refractivity contribution in [3.63, 3.8) is 0 Å². The molecule has 132 valence electrons. The van der Waals surface area contributed by atoms with Gasteiger partial charge < -0.3 is 4.57 Å². The number of nitrogens with zero attached hydrogens (tertiary/aromatic N) is 5. The minimum absolute atomic E-state index is 0.252. The van der Waals surface area contributed by atoms with Crippen LogP contribution < -0.4 is 0 Å². The first-order chi connectivity index (χ1) is 11.3. The molecule has 3 rings (SSSR count). The van der Waals surface area contributed by atoms with Crippen LogP contribution in [0.1, 0.15) is 29.9 Å². The van der Waals surface area contributed by atoms with Crippen LogP contribution >= 0.6 is 0 Å². The molecule has 3 heterocycles. The van der Waals surface area contributed by atoms with Gasteiger partial charge in [-0.3, -0.25) is 9.58 Å². The molecule has 0 bridgehead atoms. The fraction of sp³-hybridized carbons (Fsp3) is 0.625. The molecule has 1 aliphatic rings. The Morgan fingerprint density at radius 3 is 2.75 bits per heavy atom. The summed E-state index contributed by atoms with van der Waals surface area (Å²) in [5.74, 6) is 1.45. The molecule has 1 aliphatic heterocycles. The number of hydrogen-bond donors (Lipinski definition) is 0. The van der Waals surface area contributed by atoms with Crippen LogP contribution in [0, 0.1) is 5.92 Å². The summed E-state index contributed by atoms with van der Waals surface area (Å²) < 4.78 is 42.5. The maximum atomic E-state index is 13.2. The van der Waals surface area contributed by atoms with Gasteiger partial charge in [-0.15, -0.1) is 0 Å². The van der Waals surface area contributed by atoms with E-state index >= 15 is 0 Å². The summed E-state index contributed by atoms with van der Waals surface area (Å²) in [5.41, 5.74) is -0.392. The van der Waals surface area contributed by atoms with Crippen molar-refractivity contribution >= 4 is 0 Å². The van der Waals surface area contributed by atoms with E-state index in [4.69, 9.17) is 0 Å². The first kappa shape index (κ1) is 17.0. The highest BCUT2D eigenvalue weighted by Crippen LogP contribution is 2.32. The van der Waals surface area contributed by atoms with Crippen molar-refractivity contribution in [3.8, 4) is 0 Å². The second-order valence-electron chi connectivity index (χ2n) is 6.54. The summed E-state index contributed by atoms with van der Waals surface area (Å²) in [5, 5.41) is 3.80. The van der Waals surface area contributed by atoms with Crippen LogP contribution in [0.3, 0.4) is 0 Å². The molecule has 8 heteroatoms. The highest BCUT2D eigenvalue weighted by Gasteiger charge is 2.37. The molecule has 0 aromatic carbocycles. The third kappa shape index (κ3) is 3.63. The zero-order chi connectivity index (χ0) is 17.3. The van der Waals surface area contributed by atoms with Crippen molar-refractivity contribution in [3.05, 3.63) is 35.7 Å². The fourth-order valence-electron chi connectivity index (χ4n) is 3.52. The molecule has 2 aromatic heterocycles. The van der Waals surface area contributed by atoms with Crippen molar-refractivity contribution in [1.82, 2.24) is 24.2 Å². The van der Waals surface area contributed by atoms with E-state index in [0.29, 0.717) is 12.5 Å². The van der Waals surface area contributed by atoms with E-state index in [1.54, 1.807) is 6.20 Å². The van der Waals surface area contributed by atoms with Crippen LogP contribution in [0.2, 0.25) is 0 Å².